The number of hydrogen-bond acceptors (Lipinski definition) is 20. The van der Waals surface area contributed by atoms with Gasteiger partial charge >= 0.3 is 11.9 Å². The predicted octanol–water partition coefficient (Wildman–Crippen LogP) is 1.26. The summed E-state index contributed by atoms with van der Waals surface area (Å²) in [5.74, 6) is -1.63. The van der Waals surface area contributed by atoms with Crippen LogP contribution in [0.15, 0.2) is 60.7 Å². The van der Waals surface area contributed by atoms with E-state index >= 15 is 0 Å². The summed E-state index contributed by atoms with van der Waals surface area (Å²) in [6, 6.07) is 5.86. The van der Waals surface area contributed by atoms with E-state index in [4.69, 9.17) is 47.4 Å². The first kappa shape index (κ1) is 51.4. The van der Waals surface area contributed by atoms with Crippen molar-refractivity contribution < 1.29 is 97.8 Å². The van der Waals surface area contributed by atoms with Crippen molar-refractivity contribution in [2.24, 2.45) is 0 Å². The van der Waals surface area contributed by atoms with Crippen LogP contribution in [0.3, 0.4) is 0 Å². The van der Waals surface area contributed by atoms with Gasteiger partial charge in [-0.3, -0.25) is 0 Å². The highest BCUT2D eigenvalue weighted by molar-refractivity contribution is 5.88. The lowest BCUT2D eigenvalue weighted by Gasteiger charge is -2.43. The summed E-state index contributed by atoms with van der Waals surface area (Å²) in [6.07, 6.45) is -6.68. The molecule has 354 valence electrons. The van der Waals surface area contributed by atoms with Crippen LogP contribution in [0.2, 0.25) is 0 Å². The van der Waals surface area contributed by atoms with Gasteiger partial charge in [0.1, 0.15) is 62.0 Å². The molecule has 0 bridgehead atoms. The van der Waals surface area contributed by atoms with Crippen molar-refractivity contribution in [2.45, 2.75) is 93.7 Å². The highest BCUT2D eigenvalue weighted by atomic mass is 16.7. The molecule has 2 heterocycles. The van der Waals surface area contributed by atoms with Crippen molar-refractivity contribution in [3.8, 4) is 34.5 Å². The Morgan fingerprint density at radius 2 is 1.08 bits per heavy atom. The number of benzene rings is 2. The van der Waals surface area contributed by atoms with Crippen molar-refractivity contribution in [3.63, 3.8) is 0 Å². The predicted molar refractivity (Wildman–Crippen MR) is 224 cm³/mol. The average molecular weight is 907 g/mol. The lowest BCUT2D eigenvalue weighted by molar-refractivity contribution is -0.320. The van der Waals surface area contributed by atoms with Gasteiger partial charge in [0.15, 0.2) is 35.6 Å². The second kappa shape index (κ2) is 23.6. The zero-order valence-corrected chi connectivity index (χ0v) is 36.3. The maximum absolute atomic E-state index is 12.6. The number of aliphatic hydroxyl groups is 6. The Morgan fingerprint density at radius 3 is 1.48 bits per heavy atom. The fraction of sp³-hybridized carbons (Fsp3) is 0.500. The number of rotatable bonds is 21. The lowest BCUT2D eigenvalue weighted by atomic mass is 9.96. The minimum atomic E-state index is -1.73. The first-order valence-electron chi connectivity index (χ1n) is 20.0. The number of hydrogen-bond donors (Lipinski definition) is 8. The van der Waals surface area contributed by atoms with E-state index in [9.17, 15) is 50.4 Å². The second-order valence-corrected chi connectivity index (χ2v) is 15.0. The summed E-state index contributed by atoms with van der Waals surface area (Å²) in [6.45, 7) is 6.10. The smallest absolute Gasteiger partial charge is 0.330 e. The van der Waals surface area contributed by atoms with E-state index in [-0.39, 0.29) is 47.5 Å². The number of aromatic hydroxyl groups is 2. The Kier molecular flexibility index (Phi) is 18.9. The molecule has 0 aromatic heterocycles. The SMILES string of the molecule is C=C[C@@](C)(CCC=C(C)CO[C@@H]1O[C@H](COC(=O)C=Cc2cc(OC)c(O)c(OC)c2)[C@@H](O)[C@H](O)[C@H]1O)O[C@@H]1O[C@H](COC(=O)C=Cc2cc(OC)c(O)c(OC)c2)[C@@H](O)[C@H](O)[C@H]1O. The number of allylic oxidation sites excluding steroid dienone is 1. The molecule has 20 nitrogen and oxygen atoms in total. The summed E-state index contributed by atoms with van der Waals surface area (Å²) in [5.41, 5.74) is 0.386. The van der Waals surface area contributed by atoms with Gasteiger partial charge in [0, 0.05) is 12.2 Å². The molecular weight excluding hydrogens is 848 g/mol. The van der Waals surface area contributed by atoms with Gasteiger partial charge in [-0.25, -0.2) is 9.59 Å². The van der Waals surface area contributed by atoms with Crippen LogP contribution in [0.25, 0.3) is 12.2 Å². The van der Waals surface area contributed by atoms with E-state index in [2.05, 4.69) is 6.58 Å². The van der Waals surface area contributed by atoms with Gasteiger partial charge in [0.25, 0.3) is 0 Å². The molecule has 2 fully saturated rings. The quantitative estimate of drug-likeness (QED) is 0.0497. The fourth-order valence-electron chi connectivity index (χ4n) is 6.47. The van der Waals surface area contributed by atoms with Gasteiger partial charge in [-0.15, -0.1) is 6.58 Å². The minimum absolute atomic E-state index is 0.0908. The Balaban J connectivity index is 1.27. The van der Waals surface area contributed by atoms with Crippen LogP contribution in [-0.4, -0.2) is 168 Å². The van der Waals surface area contributed by atoms with Crippen LogP contribution < -0.4 is 18.9 Å². The number of carbonyl (C=O) groups is 2. The summed E-state index contributed by atoms with van der Waals surface area (Å²) >= 11 is 0. The number of ether oxygens (including phenoxy) is 10. The van der Waals surface area contributed by atoms with Crippen LogP contribution in [0.5, 0.6) is 34.5 Å². The third-order valence-electron chi connectivity index (χ3n) is 10.4. The Morgan fingerprint density at radius 1 is 0.672 bits per heavy atom. The van der Waals surface area contributed by atoms with E-state index in [1.807, 2.05) is 0 Å². The van der Waals surface area contributed by atoms with E-state index in [1.165, 1.54) is 70.9 Å². The minimum Gasteiger partial charge on any atom is -0.502 e. The van der Waals surface area contributed by atoms with Crippen LogP contribution >= 0.6 is 0 Å². The molecule has 0 unspecified atom stereocenters. The van der Waals surface area contributed by atoms with E-state index in [0.717, 1.165) is 12.2 Å². The highest BCUT2D eigenvalue weighted by Crippen LogP contribution is 2.39. The first-order valence-corrected chi connectivity index (χ1v) is 20.0. The molecule has 2 saturated heterocycles. The van der Waals surface area contributed by atoms with Crippen molar-refractivity contribution >= 4 is 24.1 Å². The van der Waals surface area contributed by atoms with Gasteiger partial charge in [0.2, 0.25) is 11.5 Å². The Labute approximate surface area is 369 Å². The topological polar surface area (TPSA) is 288 Å². The summed E-state index contributed by atoms with van der Waals surface area (Å²) in [5, 5.41) is 83.8. The number of methoxy groups -OCH3 is 4. The zero-order valence-electron chi connectivity index (χ0n) is 36.3. The maximum Gasteiger partial charge on any atom is 0.330 e. The van der Waals surface area contributed by atoms with Gasteiger partial charge in [-0.2, -0.15) is 0 Å². The zero-order chi connectivity index (χ0) is 47.3. The molecule has 0 amide bonds. The molecule has 64 heavy (non-hydrogen) atoms. The molecule has 0 spiro atoms. The van der Waals surface area contributed by atoms with E-state index < -0.39 is 92.2 Å². The molecule has 2 aliphatic heterocycles. The first-order chi connectivity index (χ1) is 30.4. The normalized spacial score (nSPS) is 27.2. The summed E-state index contributed by atoms with van der Waals surface area (Å²) in [4.78, 5) is 25.1. The van der Waals surface area contributed by atoms with Crippen molar-refractivity contribution in [3.05, 3.63) is 71.8 Å². The van der Waals surface area contributed by atoms with Crippen LogP contribution in [-0.2, 0) is 38.0 Å². The van der Waals surface area contributed by atoms with Gasteiger partial charge < -0.3 is 88.2 Å². The largest absolute Gasteiger partial charge is 0.502 e. The molecule has 2 aliphatic rings. The molecule has 8 N–H and O–H groups in total. The molecule has 11 atom stereocenters. The van der Waals surface area contributed by atoms with Crippen molar-refractivity contribution in [1.29, 1.82) is 0 Å². The van der Waals surface area contributed by atoms with Crippen LogP contribution in [0.4, 0.5) is 0 Å². The van der Waals surface area contributed by atoms with E-state index in [0.29, 0.717) is 23.1 Å². The lowest BCUT2D eigenvalue weighted by Crippen LogP contribution is -2.60. The summed E-state index contributed by atoms with van der Waals surface area (Å²) < 4.78 is 54.1. The molecule has 0 saturated carbocycles. The average Bonchev–Trinajstić information content (AvgIpc) is 3.29. The number of carbonyl (C=O) groups excluding carboxylic acids is 2. The molecular formula is C44H58O20. The molecule has 20 heteroatoms. The number of phenolic OH excluding ortho intramolecular Hbond substituents is 2. The number of esters is 2. The third kappa shape index (κ3) is 13.4. The van der Waals surface area contributed by atoms with Gasteiger partial charge in [-0.1, -0.05) is 17.7 Å². The Bertz CT molecular complexity index is 1930. The van der Waals surface area contributed by atoms with Gasteiger partial charge in [0.05, 0.1) is 40.6 Å². The molecule has 2 aromatic rings. The van der Waals surface area contributed by atoms with Crippen LogP contribution in [0.1, 0.15) is 37.8 Å². The van der Waals surface area contributed by atoms with Crippen LogP contribution in [0, 0.1) is 0 Å². The number of phenols is 2. The maximum atomic E-state index is 12.6. The third-order valence-corrected chi connectivity index (χ3v) is 10.4. The standard InChI is InChI=1S/C44H58O20/c1-8-44(3,64-43-41(54)39(52)37(50)31(63-43)22-60-33(46)14-12-25-18-28(57-6)35(48)29(19-25)58-7)15-9-10-23(2)20-61-42-40(53)38(51)36(49)30(62-42)21-59-32(45)13-11-24-16-26(55-4)34(47)27(17-24)56-5/h8,10-14,16-19,30-31,36-43,47-54H,1,9,15,20-22H2,2-7H3/t30-,31-,36-,37-,38+,39+,40-,41-,42-,43+,44+/m1/s1. The number of aliphatic hydroxyl groups excluding tert-OH is 6. The monoisotopic (exact) mass is 906 g/mol. The van der Waals surface area contributed by atoms with Gasteiger partial charge in [-0.05, 0) is 74.2 Å². The highest BCUT2D eigenvalue weighted by Gasteiger charge is 2.47. The molecule has 0 aliphatic carbocycles. The van der Waals surface area contributed by atoms with E-state index in [1.54, 1.807) is 19.9 Å². The molecule has 0 radical (unpaired) electrons. The molecule has 2 aromatic carbocycles. The van der Waals surface area contributed by atoms with Crippen molar-refractivity contribution in [1.82, 2.24) is 0 Å². The Hall–Kier alpha value is -5.26. The molecule has 4 rings (SSSR count). The van der Waals surface area contributed by atoms with Crippen molar-refractivity contribution in [2.75, 3.05) is 48.3 Å². The summed E-state index contributed by atoms with van der Waals surface area (Å²) in [7, 11) is 5.41. The second-order valence-electron chi connectivity index (χ2n) is 15.0. The fourth-order valence-corrected chi connectivity index (χ4v) is 6.47.